The van der Waals surface area contributed by atoms with Crippen molar-refractivity contribution in [2.45, 2.75) is 0 Å². The van der Waals surface area contributed by atoms with Crippen LogP contribution < -0.4 is 0 Å². The van der Waals surface area contributed by atoms with Gasteiger partial charge in [0, 0.05) is 0 Å². The Kier molecular flexibility index (Phi) is 7.35. The zero-order chi connectivity index (χ0) is 36.6. The SMILES string of the molecule is Fc1cccc(F)c1-c1c2ccccc2c(-c2cccc3c2[se]c2cc(-c4c5ccccc5c(-c5ccccc5)c5ccccc45)ccc23)c2ccccc12. The van der Waals surface area contributed by atoms with Crippen LogP contribution in [0.4, 0.5) is 8.78 Å². The number of hydrogen-bond acceptors (Lipinski definition) is 0. The van der Waals surface area contributed by atoms with Crippen LogP contribution in [-0.2, 0) is 0 Å². The van der Waals surface area contributed by atoms with E-state index in [4.69, 9.17) is 0 Å². The van der Waals surface area contributed by atoms with E-state index in [-0.39, 0.29) is 20.1 Å². The van der Waals surface area contributed by atoms with Gasteiger partial charge in [-0.2, -0.15) is 0 Å². The van der Waals surface area contributed by atoms with E-state index in [0.717, 1.165) is 27.1 Å². The number of rotatable bonds is 4. The second-order valence-electron chi connectivity index (χ2n) is 14.1. The van der Waals surface area contributed by atoms with Crippen molar-refractivity contribution in [2.24, 2.45) is 0 Å². The predicted octanol–water partition coefficient (Wildman–Crippen LogP) is 14.6. The summed E-state index contributed by atoms with van der Waals surface area (Å²) in [6.07, 6.45) is 0. The summed E-state index contributed by atoms with van der Waals surface area (Å²) >= 11 is 0.00534. The molecule has 0 amide bonds. The van der Waals surface area contributed by atoms with Crippen molar-refractivity contribution >= 4 is 76.9 Å². The number of hydrogen-bond donors (Lipinski definition) is 0. The normalized spacial score (nSPS) is 11.8. The van der Waals surface area contributed by atoms with E-state index in [2.05, 4.69) is 127 Å². The summed E-state index contributed by atoms with van der Waals surface area (Å²) in [6.45, 7) is 0. The van der Waals surface area contributed by atoms with Crippen LogP contribution in [0, 0.1) is 11.6 Å². The molecule has 0 N–H and O–H groups in total. The molecule has 0 unspecified atom stereocenters. The fourth-order valence-electron chi connectivity index (χ4n) is 8.93. The van der Waals surface area contributed by atoms with E-state index < -0.39 is 11.6 Å². The first-order chi connectivity index (χ1) is 27.2. The third-order valence-electron chi connectivity index (χ3n) is 11.2. The summed E-state index contributed by atoms with van der Waals surface area (Å²) < 4.78 is 33.8. The molecule has 10 aromatic carbocycles. The second kappa shape index (κ2) is 12.6. The van der Waals surface area contributed by atoms with E-state index in [1.54, 1.807) is 0 Å². The summed E-state index contributed by atoms with van der Waals surface area (Å²) in [7, 11) is 0. The molecule has 0 saturated carbocycles. The molecule has 11 rings (SSSR count). The Morgan fingerprint density at radius 3 is 1.27 bits per heavy atom. The van der Waals surface area contributed by atoms with E-state index in [1.165, 1.54) is 86.9 Å². The second-order valence-corrected chi connectivity index (χ2v) is 16.3. The third-order valence-corrected chi connectivity index (χ3v) is 13.7. The van der Waals surface area contributed by atoms with Gasteiger partial charge in [-0.25, -0.2) is 0 Å². The molecule has 11 aromatic rings. The van der Waals surface area contributed by atoms with E-state index >= 15 is 8.78 Å². The molecule has 0 nitrogen and oxygen atoms in total. The van der Waals surface area contributed by atoms with Gasteiger partial charge in [0.25, 0.3) is 0 Å². The van der Waals surface area contributed by atoms with E-state index in [9.17, 15) is 0 Å². The van der Waals surface area contributed by atoms with Crippen LogP contribution in [0.25, 0.3) is 107 Å². The van der Waals surface area contributed by atoms with Crippen LogP contribution in [0.15, 0.2) is 182 Å². The molecule has 0 aliphatic heterocycles. The zero-order valence-electron chi connectivity index (χ0n) is 29.5. The monoisotopic (exact) mass is 772 g/mol. The predicted molar refractivity (Wildman–Crippen MR) is 230 cm³/mol. The van der Waals surface area contributed by atoms with Crippen molar-refractivity contribution in [1.29, 1.82) is 0 Å². The van der Waals surface area contributed by atoms with Crippen LogP contribution in [0.1, 0.15) is 0 Å². The molecule has 0 spiro atoms. The molecule has 0 saturated heterocycles. The molecule has 1 aromatic heterocycles. The third kappa shape index (κ3) is 4.87. The van der Waals surface area contributed by atoms with E-state index in [1.807, 2.05) is 36.4 Å². The van der Waals surface area contributed by atoms with Crippen molar-refractivity contribution < 1.29 is 8.78 Å². The Morgan fingerprint density at radius 1 is 0.291 bits per heavy atom. The van der Waals surface area contributed by atoms with Crippen LogP contribution in [0.3, 0.4) is 0 Å². The van der Waals surface area contributed by atoms with Gasteiger partial charge in [-0.15, -0.1) is 0 Å². The fourth-order valence-corrected chi connectivity index (χ4v) is 11.6. The molecular weight excluding hydrogens is 742 g/mol. The maximum absolute atomic E-state index is 15.5. The van der Waals surface area contributed by atoms with E-state index in [0.29, 0.717) is 5.56 Å². The minimum atomic E-state index is -0.562. The van der Waals surface area contributed by atoms with Crippen molar-refractivity contribution in [3.8, 4) is 44.5 Å². The standard InChI is InChI=1S/C52H30F2Se/c53-44-26-13-27-45(54)51(44)50-40-22-10-8-20-38(40)49(39-21-9-11-23-41(39)50)43-25-12-24-42-33-29-28-32(30-46(33)55-52(42)43)48-36-18-6-4-16-34(36)47(31-14-2-1-3-15-31)35-17-5-7-19-37(35)48/h1-30H. The van der Waals surface area contributed by atoms with Gasteiger partial charge in [-0.1, -0.05) is 0 Å². The molecule has 0 atom stereocenters. The minimum absolute atomic E-state index is 0.00534. The summed E-state index contributed by atoms with van der Waals surface area (Å²) in [4.78, 5) is 0. The number of fused-ring (bicyclic) bond motifs is 7. The molecule has 1 heterocycles. The quantitative estimate of drug-likeness (QED) is 0.123. The molecule has 0 aliphatic rings. The summed E-state index contributed by atoms with van der Waals surface area (Å²) in [5.74, 6) is -1.12. The van der Waals surface area contributed by atoms with Gasteiger partial charge in [-0.05, 0) is 0 Å². The van der Waals surface area contributed by atoms with Crippen LogP contribution in [0.5, 0.6) is 0 Å². The van der Waals surface area contributed by atoms with Crippen molar-refractivity contribution in [3.05, 3.63) is 194 Å². The molecule has 0 aliphatic carbocycles. The number of benzene rings is 10. The summed E-state index contributed by atoms with van der Waals surface area (Å²) in [5, 5.41) is 11.1. The van der Waals surface area contributed by atoms with Gasteiger partial charge in [0.2, 0.25) is 0 Å². The Labute approximate surface area is 322 Å². The Morgan fingerprint density at radius 2 is 0.727 bits per heavy atom. The van der Waals surface area contributed by atoms with Gasteiger partial charge in [-0.3, -0.25) is 0 Å². The maximum atomic E-state index is 15.5. The summed E-state index contributed by atoms with van der Waals surface area (Å²) in [6, 6.07) is 62.3. The van der Waals surface area contributed by atoms with Crippen molar-refractivity contribution in [1.82, 2.24) is 0 Å². The molecule has 0 radical (unpaired) electrons. The van der Waals surface area contributed by atoms with Crippen LogP contribution >= 0.6 is 0 Å². The van der Waals surface area contributed by atoms with Gasteiger partial charge >= 0.3 is 324 Å². The molecule has 0 fully saturated rings. The van der Waals surface area contributed by atoms with Crippen molar-refractivity contribution in [3.63, 3.8) is 0 Å². The van der Waals surface area contributed by atoms with Gasteiger partial charge in [0.1, 0.15) is 0 Å². The Balaban J connectivity index is 1.18. The average Bonchev–Trinajstić information content (AvgIpc) is 3.61. The van der Waals surface area contributed by atoms with Gasteiger partial charge in [0.15, 0.2) is 0 Å². The van der Waals surface area contributed by atoms with Crippen LogP contribution in [-0.4, -0.2) is 14.5 Å². The first kappa shape index (κ1) is 32.1. The molecule has 0 bridgehead atoms. The Hall–Kier alpha value is -6.38. The molecule has 3 heteroatoms. The molecular formula is C52H30F2Se. The first-order valence-electron chi connectivity index (χ1n) is 18.5. The topological polar surface area (TPSA) is 0 Å². The molecule has 258 valence electrons. The average molecular weight is 772 g/mol. The van der Waals surface area contributed by atoms with Crippen LogP contribution in [0.2, 0.25) is 0 Å². The summed E-state index contributed by atoms with van der Waals surface area (Å²) in [5.41, 5.74) is 7.84. The van der Waals surface area contributed by atoms with Gasteiger partial charge in [0.05, 0.1) is 0 Å². The van der Waals surface area contributed by atoms with Crippen molar-refractivity contribution in [2.75, 3.05) is 0 Å². The number of halogens is 2. The molecule has 55 heavy (non-hydrogen) atoms. The fraction of sp³-hybridized carbons (Fsp3) is 0. The first-order valence-corrected chi connectivity index (χ1v) is 20.2. The van der Waals surface area contributed by atoms with Gasteiger partial charge < -0.3 is 0 Å². The Bertz CT molecular complexity index is 3210. The zero-order valence-corrected chi connectivity index (χ0v) is 31.2.